The Bertz CT molecular complexity index is 668. The van der Waals surface area contributed by atoms with Crippen LogP contribution in [0.5, 0.6) is 0 Å². The number of hydrogen-bond donors (Lipinski definition) is 0. The van der Waals surface area contributed by atoms with Gasteiger partial charge in [-0.25, -0.2) is 0 Å². The van der Waals surface area contributed by atoms with Gasteiger partial charge in [-0.15, -0.1) is 3.89 Å². The van der Waals surface area contributed by atoms with Crippen LogP contribution in [-0.4, -0.2) is 26.6 Å². The van der Waals surface area contributed by atoms with E-state index in [1.54, 1.807) is 6.07 Å². The van der Waals surface area contributed by atoms with Crippen molar-refractivity contribution in [2.45, 2.75) is 6.42 Å². The normalized spacial score (nSPS) is 19.7. The van der Waals surface area contributed by atoms with Crippen molar-refractivity contribution in [2.75, 3.05) is 17.2 Å². The molecule has 9 heteroatoms. The van der Waals surface area contributed by atoms with Crippen LogP contribution >= 0.6 is 39.1 Å². The first-order chi connectivity index (χ1) is 9.17. The van der Waals surface area contributed by atoms with Crippen molar-refractivity contribution in [2.24, 2.45) is 5.92 Å². The summed E-state index contributed by atoms with van der Waals surface area (Å²) in [5.74, 6) is -1.56. The van der Waals surface area contributed by atoms with Crippen LogP contribution in [0.15, 0.2) is 16.6 Å². The summed E-state index contributed by atoms with van der Waals surface area (Å²) < 4.78 is 34.6. The fourth-order valence-corrected chi connectivity index (χ4v) is 3.81. The molecule has 0 bridgehead atoms. The maximum absolute atomic E-state index is 12.7. The predicted molar refractivity (Wildman–Crippen MR) is 79.5 cm³/mol. The Hall–Kier alpha value is -0.370. The second-order valence-corrected chi connectivity index (χ2v) is 7.58. The van der Waals surface area contributed by atoms with Crippen LogP contribution in [-0.2, 0) is 15.0 Å². The molecule has 20 heavy (non-hydrogen) atoms. The molecule has 0 N–H and O–H groups in total. The van der Waals surface area contributed by atoms with Gasteiger partial charge in [0.25, 0.3) is 0 Å². The van der Waals surface area contributed by atoms with Crippen LogP contribution in [0.25, 0.3) is 0 Å². The molecule has 1 unspecified atom stereocenters. The summed E-state index contributed by atoms with van der Waals surface area (Å²) in [4.78, 5) is 13.2. The van der Waals surface area contributed by atoms with Gasteiger partial charge in [0.1, 0.15) is 0 Å². The zero-order chi connectivity index (χ0) is 15.1. The van der Waals surface area contributed by atoms with Gasteiger partial charge in [0, 0.05) is 23.4 Å². The number of halogens is 4. The van der Waals surface area contributed by atoms with Gasteiger partial charge in [-0.1, -0.05) is 23.2 Å². The molecular weight excluding hydrogens is 396 g/mol. The highest BCUT2D eigenvalue weighted by atomic mass is 79.9. The van der Waals surface area contributed by atoms with Gasteiger partial charge in [0.15, 0.2) is 0 Å². The lowest BCUT2D eigenvalue weighted by Crippen LogP contribution is -2.25. The minimum atomic E-state index is -4.61. The molecule has 110 valence electrons. The lowest BCUT2D eigenvalue weighted by Gasteiger charge is -2.18. The van der Waals surface area contributed by atoms with Crippen molar-refractivity contribution in [3.63, 3.8) is 0 Å². The second kappa shape index (κ2) is 5.79. The molecule has 1 aromatic rings. The predicted octanol–water partition coefficient (Wildman–Crippen LogP) is 3.41. The first-order valence-corrected chi connectivity index (χ1v) is 8.65. The van der Waals surface area contributed by atoms with Gasteiger partial charge in [0.2, 0.25) is 5.91 Å². The number of hydrogen-bond acceptors (Lipinski definition) is 3. The molecule has 1 heterocycles. The highest BCUT2D eigenvalue weighted by molar-refractivity contribution is 9.10. The van der Waals surface area contributed by atoms with Gasteiger partial charge in [-0.05, 0) is 28.1 Å². The molecule has 4 nitrogen and oxygen atoms in total. The Morgan fingerprint density at radius 2 is 2.00 bits per heavy atom. The molecule has 1 aromatic carbocycles. The van der Waals surface area contributed by atoms with Crippen LogP contribution in [0.2, 0.25) is 10.0 Å². The fraction of sp³-hybridized carbons (Fsp3) is 0.364. The molecule has 0 aromatic heterocycles. The van der Waals surface area contributed by atoms with Crippen molar-refractivity contribution in [3.05, 3.63) is 26.7 Å². The van der Waals surface area contributed by atoms with Crippen molar-refractivity contribution in [1.29, 1.82) is 0 Å². The van der Waals surface area contributed by atoms with E-state index in [1.807, 2.05) is 0 Å². The molecule has 1 amide bonds. The number of anilines is 1. The number of rotatable bonds is 3. The molecule has 1 saturated heterocycles. The summed E-state index contributed by atoms with van der Waals surface area (Å²) in [6, 6.07) is 3.06. The van der Waals surface area contributed by atoms with Crippen LogP contribution < -0.4 is 4.90 Å². The average Bonchev–Trinajstić information content (AvgIpc) is 2.62. The maximum Gasteiger partial charge on any atom is 0.302 e. The standard InChI is InChI=1S/C11H9BrCl2FNO3S/c12-7-2-9(14)10(3-8(7)13)16-4-6(1-11(16)17)5-20(15,18)19/h2-3,6H,1,4-5H2. The maximum atomic E-state index is 12.7. The third-order valence-electron chi connectivity index (χ3n) is 2.92. The third-order valence-corrected chi connectivity index (χ3v) is 5.29. The number of nitrogens with zero attached hydrogens (tertiary/aromatic N) is 1. The smallest absolute Gasteiger partial charge is 0.302 e. The third kappa shape index (κ3) is 3.63. The van der Waals surface area contributed by atoms with E-state index in [2.05, 4.69) is 15.9 Å². The second-order valence-electron chi connectivity index (χ2n) is 4.50. The molecule has 1 fully saturated rings. The van der Waals surface area contributed by atoms with Crippen LogP contribution in [0.3, 0.4) is 0 Å². The molecule has 1 aliphatic heterocycles. The zero-order valence-electron chi connectivity index (χ0n) is 9.95. The summed E-state index contributed by atoms with van der Waals surface area (Å²) in [7, 11) is -4.61. The number of carbonyl (C=O) groups is 1. The highest BCUT2D eigenvalue weighted by Crippen LogP contribution is 2.37. The van der Waals surface area contributed by atoms with E-state index in [1.165, 1.54) is 11.0 Å². The molecule has 1 aliphatic rings. The average molecular weight is 405 g/mol. The van der Waals surface area contributed by atoms with E-state index in [0.717, 1.165) is 0 Å². The quantitative estimate of drug-likeness (QED) is 0.573. The minimum Gasteiger partial charge on any atom is -0.311 e. The summed E-state index contributed by atoms with van der Waals surface area (Å²) in [5, 5.41) is 0.678. The Kier molecular flexibility index (Phi) is 4.63. The number of amides is 1. The van der Waals surface area contributed by atoms with Crippen molar-refractivity contribution in [3.8, 4) is 0 Å². The Morgan fingerprint density at radius 3 is 2.60 bits per heavy atom. The minimum absolute atomic E-state index is 0.0346. The molecule has 0 spiro atoms. The number of benzene rings is 1. The molecule has 0 radical (unpaired) electrons. The van der Waals surface area contributed by atoms with Gasteiger partial charge in [0.05, 0.1) is 21.5 Å². The van der Waals surface area contributed by atoms with Crippen LogP contribution in [0.4, 0.5) is 9.57 Å². The lowest BCUT2D eigenvalue weighted by molar-refractivity contribution is -0.117. The molecular formula is C11H9BrCl2FNO3S. The van der Waals surface area contributed by atoms with Crippen molar-refractivity contribution in [1.82, 2.24) is 0 Å². The van der Waals surface area contributed by atoms with E-state index < -0.39 is 21.9 Å². The molecule has 1 atom stereocenters. The molecule has 0 saturated carbocycles. The molecule has 2 rings (SSSR count). The Labute approximate surface area is 134 Å². The molecule has 0 aliphatic carbocycles. The number of carbonyl (C=O) groups excluding carboxylic acids is 1. The van der Waals surface area contributed by atoms with Gasteiger partial charge in [-0.3, -0.25) is 4.79 Å². The van der Waals surface area contributed by atoms with E-state index >= 15 is 0 Å². The van der Waals surface area contributed by atoms with E-state index in [9.17, 15) is 17.1 Å². The van der Waals surface area contributed by atoms with Crippen molar-refractivity contribution >= 4 is 60.9 Å². The summed E-state index contributed by atoms with van der Waals surface area (Å²) >= 11 is 15.2. The lowest BCUT2D eigenvalue weighted by atomic mass is 10.1. The topological polar surface area (TPSA) is 54.5 Å². The van der Waals surface area contributed by atoms with Gasteiger partial charge < -0.3 is 4.90 Å². The fourth-order valence-electron chi connectivity index (χ4n) is 2.13. The van der Waals surface area contributed by atoms with E-state index in [-0.39, 0.29) is 18.9 Å². The highest BCUT2D eigenvalue weighted by Gasteiger charge is 2.34. The Balaban J connectivity index is 2.26. The zero-order valence-corrected chi connectivity index (χ0v) is 13.9. The Morgan fingerprint density at radius 1 is 1.35 bits per heavy atom. The largest absolute Gasteiger partial charge is 0.311 e. The van der Waals surface area contributed by atoms with Crippen LogP contribution in [0, 0.1) is 5.92 Å². The van der Waals surface area contributed by atoms with Gasteiger partial charge >= 0.3 is 10.2 Å². The van der Waals surface area contributed by atoms with E-state index in [0.29, 0.717) is 20.2 Å². The first-order valence-electron chi connectivity index (χ1n) is 5.54. The SMILES string of the molecule is O=C1CC(CS(=O)(=O)F)CN1c1cc(Cl)c(Br)cc1Cl. The monoisotopic (exact) mass is 403 g/mol. The first kappa shape index (κ1) is 16.0. The van der Waals surface area contributed by atoms with E-state index in [4.69, 9.17) is 23.2 Å². The van der Waals surface area contributed by atoms with Crippen LogP contribution in [0.1, 0.15) is 6.42 Å². The van der Waals surface area contributed by atoms with Crippen molar-refractivity contribution < 1.29 is 17.1 Å². The summed E-state index contributed by atoms with van der Waals surface area (Å²) in [6.07, 6.45) is -0.0346. The summed E-state index contributed by atoms with van der Waals surface area (Å²) in [5.41, 5.74) is 0.392. The van der Waals surface area contributed by atoms with Gasteiger partial charge in [-0.2, -0.15) is 8.42 Å². The summed E-state index contributed by atoms with van der Waals surface area (Å²) in [6.45, 7) is 0.0969.